The summed E-state index contributed by atoms with van der Waals surface area (Å²) < 4.78 is 49.1. The fourth-order valence-corrected chi connectivity index (χ4v) is 3.43. The zero-order valence-corrected chi connectivity index (χ0v) is 18.0. The molecular weight excluding hydrogens is 477 g/mol. The Labute approximate surface area is 170 Å². The highest BCUT2D eigenvalue weighted by Gasteiger charge is 2.25. The van der Waals surface area contributed by atoms with Gasteiger partial charge in [-0.25, -0.2) is 17.2 Å². The Balaban J connectivity index is 0.00000338. The van der Waals surface area contributed by atoms with Crippen LogP contribution in [0.3, 0.4) is 0 Å². The molecule has 10 heteroatoms. The molecule has 1 heterocycles. The maximum atomic E-state index is 13.9. The molecule has 1 saturated heterocycles. The fraction of sp³-hybridized carbons (Fsp3) is 0.562. The molecule has 1 atom stereocenters. The van der Waals surface area contributed by atoms with Gasteiger partial charge in [0.1, 0.15) is 21.5 Å². The van der Waals surface area contributed by atoms with Crippen LogP contribution >= 0.6 is 24.0 Å². The summed E-state index contributed by atoms with van der Waals surface area (Å²) in [4.78, 5) is 5.98. The van der Waals surface area contributed by atoms with Crippen LogP contribution in [0.25, 0.3) is 0 Å². The molecule has 1 aromatic rings. The molecular formula is C16H25F2IN4O2S. The lowest BCUT2D eigenvalue weighted by Gasteiger charge is -2.21. The maximum Gasteiger partial charge on any atom is 0.191 e. The van der Waals surface area contributed by atoms with Crippen molar-refractivity contribution in [2.24, 2.45) is 4.99 Å². The standard InChI is InChI=1S/C16H24F2N4O2S.HI/c1-19-16(20-7-3-9-25(2,23)24)21-13-6-8-22(11-13)15-5-4-12(17)10-14(15)18;/h4-5,10,13H,3,6-9,11H2,1-2H3,(H2,19,20,21);1H. The minimum absolute atomic E-state index is 0. The van der Waals surface area contributed by atoms with Gasteiger partial charge in [-0.05, 0) is 25.0 Å². The third-order valence-electron chi connectivity index (χ3n) is 3.99. The Bertz CT molecular complexity index is 731. The van der Waals surface area contributed by atoms with E-state index in [0.29, 0.717) is 37.7 Å². The Morgan fingerprint density at radius 2 is 2.12 bits per heavy atom. The van der Waals surface area contributed by atoms with Gasteiger partial charge in [-0.1, -0.05) is 0 Å². The van der Waals surface area contributed by atoms with Crippen molar-refractivity contribution < 1.29 is 17.2 Å². The summed E-state index contributed by atoms with van der Waals surface area (Å²) in [5.41, 5.74) is 0.391. The van der Waals surface area contributed by atoms with E-state index in [0.717, 1.165) is 12.5 Å². The lowest BCUT2D eigenvalue weighted by atomic mass is 10.2. The average Bonchev–Trinajstić information content (AvgIpc) is 2.97. The number of nitrogens with one attached hydrogen (secondary N) is 2. The van der Waals surface area contributed by atoms with Gasteiger partial charge in [0.25, 0.3) is 0 Å². The number of hydrogen-bond donors (Lipinski definition) is 2. The first kappa shape index (κ1) is 22.9. The summed E-state index contributed by atoms with van der Waals surface area (Å²) >= 11 is 0. The van der Waals surface area contributed by atoms with Crippen LogP contribution in [0, 0.1) is 11.6 Å². The van der Waals surface area contributed by atoms with Gasteiger partial charge in [0.2, 0.25) is 0 Å². The van der Waals surface area contributed by atoms with Crippen molar-refractivity contribution in [3.63, 3.8) is 0 Å². The van der Waals surface area contributed by atoms with E-state index in [1.807, 2.05) is 4.90 Å². The van der Waals surface area contributed by atoms with E-state index in [9.17, 15) is 17.2 Å². The zero-order valence-electron chi connectivity index (χ0n) is 14.8. The van der Waals surface area contributed by atoms with E-state index in [1.165, 1.54) is 18.4 Å². The quantitative estimate of drug-likeness (QED) is 0.269. The minimum Gasteiger partial charge on any atom is -0.367 e. The topological polar surface area (TPSA) is 73.8 Å². The van der Waals surface area contributed by atoms with Crippen molar-refractivity contribution in [1.82, 2.24) is 10.6 Å². The van der Waals surface area contributed by atoms with Gasteiger partial charge in [-0.2, -0.15) is 0 Å². The molecule has 6 nitrogen and oxygen atoms in total. The van der Waals surface area contributed by atoms with Crippen LogP contribution in [0.2, 0.25) is 0 Å². The number of aliphatic imine (C=N–C) groups is 1. The maximum absolute atomic E-state index is 13.9. The Hall–Kier alpha value is -1.17. The van der Waals surface area contributed by atoms with Crippen LogP contribution in [0.4, 0.5) is 14.5 Å². The molecule has 0 aliphatic carbocycles. The number of nitrogens with zero attached hydrogens (tertiary/aromatic N) is 2. The number of rotatable bonds is 6. The van der Waals surface area contributed by atoms with Gasteiger partial charge >= 0.3 is 0 Å². The van der Waals surface area contributed by atoms with Gasteiger partial charge in [0, 0.05) is 45.0 Å². The van der Waals surface area contributed by atoms with Crippen molar-refractivity contribution in [3.05, 3.63) is 29.8 Å². The second-order valence-corrected chi connectivity index (χ2v) is 8.41. The highest BCUT2D eigenvalue weighted by molar-refractivity contribution is 14.0. The molecule has 1 aliphatic rings. The summed E-state index contributed by atoms with van der Waals surface area (Å²) in [5, 5.41) is 6.32. The molecule has 1 fully saturated rings. The Morgan fingerprint density at radius 3 is 2.73 bits per heavy atom. The molecule has 0 radical (unpaired) electrons. The summed E-state index contributed by atoms with van der Waals surface area (Å²) in [7, 11) is -1.33. The summed E-state index contributed by atoms with van der Waals surface area (Å²) in [6.07, 6.45) is 2.50. The fourth-order valence-electron chi connectivity index (χ4n) is 2.76. The lowest BCUT2D eigenvalue weighted by molar-refractivity contribution is 0.580. The molecule has 0 aromatic heterocycles. The van der Waals surface area contributed by atoms with Crippen LogP contribution < -0.4 is 15.5 Å². The normalized spacial score (nSPS) is 17.8. The van der Waals surface area contributed by atoms with E-state index >= 15 is 0 Å². The van der Waals surface area contributed by atoms with Crippen LogP contribution in [-0.4, -0.2) is 59.1 Å². The molecule has 1 aromatic carbocycles. The van der Waals surface area contributed by atoms with Gasteiger partial charge in [0.15, 0.2) is 5.96 Å². The van der Waals surface area contributed by atoms with E-state index in [1.54, 1.807) is 7.05 Å². The third-order valence-corrected chi connectivity index (χ3v) is 5.02. The molecule has 0 amide bonds. The zero-order chi connectivity index (χ0) is 18.4. The first-order valence-corrected chi connectivity index (χ1v) is 10.2. The second-order valence-electron chi connectivity index (χ2n) is 6.15. The lowest BCUT2D eigenvalue weighted by Crippen LogP contribution is -2.45. The SMILES string of the molecule is CN=C(NCCCS(C)(=O)=O)NC1CCN(c2ccc(F)cc2F)C1.I. The number of guanidine groups is 1. The number of halogens is 3. The minimum atomic E-state index is -2.97. The predicted molar refractivity (Wildman–Crippen MR) is 111 cm³/mol. The summed E-state index contributed by atoms with van der Waals surface area (Å²) in [6.45, 7) is 1.73. The second kappa shape index (κ2) is 10.2. The molecule has 0 saturated carbocycles. The molecule has 0 spiro atoms. The molecule has 2 N–H and O–H groups in total. The monoisotopic (exact) mass is 502 g/mol. The third kappa shape index (κ3) is 7.22. The molecule has 1 aliphatic heterocycles. The highest BCUT2D eigenvalue weighted by atomic mass is 127. The Kier molecular flexibility index (Phi) is 9.01. The summed E-state index contributed by atoms with van der Waals surface area (Å²) in [6, 6.07) is 3.66. The first-order valence-electron chi connectivity index (χ1n) is 8.13. The number of sulfone groups is 1. The molecule has 1 unspecified atom stereocenters. The van der Waals surface area contributed by atoms with Gasteiger partial charge in [-0.15, -0.1) is 24.0 Å². The van der Waals surface area contributed by atoms with Crippen LogP contribution in [0.1, 0.15) is 12.8 Å². The largest absolute Gasteiger partial charge is 0.367 e. The van der Waals surface area contributed by atoms with Crippen LogP contribution in [0.15, 0.2) is 23.2 Å². The molecule has 148 valence electrons. The Morgan fingerprint density at radius 1 is 1.38 bits per heavy atom. The van der Waals surface area contributed by atoms with E-state index in [-0.39, 0.29) is 35.8 Å². The van der Waals surface area contributed by atoms with Crippen LogP contribution in [-0.2, 0) is 9.84 Å². The van der Waals surface area contributed by atoms with E-state index in [2.05, 4.69) is 15.6 Å². The van der Waals surface area contributed by atoms with Gasteiger partial charge < -0.3 is 15.5 Å². The number of hydrogen-bond acceptors (Lipinski definition) is 4. The predicted octanol–water partition coefficient (Wildman–Crippen LogP) is 1.76. The first-order chi connectivity index (χ1) is 11.8. The van der Waals surface area contributed by atoms with Crippen molar-refractivity contribution in [1.29, 1.82) is 0 Å². The highest BCUT2D eigenvalue weighted by Crippen LogP contribution is 2.24. The van der Waals surface area contributed by atoms with Crippen molar-refractivity contribution in [2.45, 2.75) is 18.9 Å². The smallest absolute Gasteiger partial charge is 0.191 e. The van der Waals surface area contributed by atoms with E-state index in [4.69, 9.17) is 0 Å². The number of benzene rings is 1. The summed E-state index contributed by atoms with van der Waals surface area (Å²) in [5.74, 6) is -0.449. The van der Waals surface area contributed by atoms with Crippen molar-refractivity contribution in [3.8, 4) is 0 Å². The average molecular weight is 502 g/mol. The van der Waals surface area contributed by atoms with Gasteiger partial charge in [0.05, 0.1) is 11.4 Å². The van der Waals surface area contributed by atoms with E-state index < -0.39 is 21.5 Å². The van der Waals surface area contributed by atoms with Gasteiger partial charge in [-0.3, -0.25) is 4.99 Å². The van der Waals surface area contributed by atoms with Crippen molar-refractivity contribution >= 4 is 45.5 Å². The van der Waals surface area contributed by atoms with Crippen molar-refractivity contribution in [2.75, 3.05) is 43.6 Å². The molecule has 2 rings (SSSR count). The number of anilines is 1. The van der Waals surface area contributed by atoms with Crippen LogP contribution in [0.5, 0.6) is 0 Å². The molecule has 0 bridgehead atoms. The molecule has 26 heavy (non-hydrogen) atoms.